The summed E-state index contributed by atoms with van der Waals surface area (Å²) in [6, 6.07) is 14.5. The molecule has 0 saturated heterocycles. The number of non-ortho nitro benzene ring substituents is 1. The number of benzene rings is 3. The van der Waals surface area contributed by atoms with Gasteiger partial charge in [0.05, 0.1) is 36.9 Å². The number of hydrogen-bond donors (Lipinski definition) is 0. The molecule has 13 heteroatoms. The summed E-state index contributed by atoms with van der Waals surface area (Å²) in [6.07, 6.45) is 1.70. The molecule has 3 aromatic carbocycles. The Morgan fingerprint density at radius 2 is 1.91 bits per heavy atom. The van der Waals surface area contributed by atoms with Crippen LogP contribution >= 0.6 is 49.9 Å². The van der Waals surface area contributed by atoms with Gasteiger partial charge in [-0.25, -0.2) is 14.2 Å². The maximum absolute atomic E-state index is 14.0. The van der Waals surface area contributed by atoms with Crippen LogP contribution in [0, 0.1) is 19.5 Å². The molecule has 220 valence electrons. The summed E-state index contributed by atoms with van der Waals surface area (Å²) < 4.78 is 28.6. The molecule has 1 aromatic heterocycles. The summed E-state index contributed by atoms with van der Waals surface area (Å²) in [4.78, 5) is 42.5. The highest BCUT2D eigenvalue weighted by Crippen LogP contribution is 2.33. The zero-order chi connectivity index (χ0) is 30.8. The minimum Gasteiger partial charge on any atom is -0.487 e. The average molecular weight is 778 g/mol. The molecule has 5 rings (SSSR count). The molecule has 0 radical (unpaired) electrons. The number of carbonyl (C=O) groups is 1. The molecule has 0 aliphatic carbocycles. The number of nitrogens with zero attached hydrogens (tertiary/aromatic N) is 3. The number of nitro groups is 1. The van der Waals surface area contributed by atoms with Crippen LogP contribution in [0.1, 0.15) is 36.6 Å². The van der Waals surface area contributed by atoms with Crippen LogP contribution in [0.5, 0.6) is 5.75 Å². The van der Waals surface area contributed by atoms with E-state index in [1.165, 1.54) is 41.0 Å². The third kappa shape index (κ3) is 6.48. The zero-order valence-corrected chi connectivity index (χ0v) is 27.2. The lowest BCUT2D eigenvalue weighted by molar-refractivity contribution is -0.384. The molecule has 0 amide bonds. The van der Waals surface area contributed by atoms with Gasteiger partial charge < -0.3 is 9.47 Å². The Morgan fingerprint density at radius 3 is 2.56 bits per heavy atom. The summed E-state index contributed by atoms with van der Waals surface area (Å²) in [5, 5.41) is 11.0. The molecule has 9 nitrogen and oxygen atoms in total. The third-order valence-corrected chi connectivity index (χ3v) is 8.80. The Kier molecular flexibility index (Phi) is 9.22. The molecular weight excluding hydrogens is 756 g/mol. The highest BCUT2D eigenvalue weighted by molar-refractivity contribution is 14.1. The number of esters is 1. The smallest absolute Gasteiger partial charge is 0.338 e. The predicted octanol–water partition coefficient (Wildman–Crippen LogP) is 5.79. The lowest BCUT2D eigenvalue weighted by Crippen LogP contribution is -2.39. The molecule has 1 aliphatic heterocycles. The fraction of sp³-hybridized carbons (Fsp3) is 0.167. The van der Waals surface area contributed by atoms with Gasteiger partial charge in [-0.1, -0.05) is 39.4 Å². The van der Waals surface area contributed by atoms with E-state index in [1.54, 1.807) is 32.1 Å². The van der Waals surface area contributed by atoms with Gasteiger partial charge in [0.15, 0.2) is 4.80 Å². The van der Waals surface area contributed by atoms with E-state index in [0.29, 0.717) is 31.9 Å². The van der Waals surface area contributed by atoms with Gasteiger partial charge in [-0.3, -0.25) is 19.5 Å². The third-order valence-electron chi connectivity index (χ3n) is 6.56. The number of aromatic nitrogens is 1. The molecule has 0 fully saturated rings. The Balaban J connectivity index is 1.60. The molecular formula is C30H22BrFIN3O6S. The number of allylic oxidation sites excluding steroid dienone is 1. The van der Waals surface area contributed by atoms with E-state index in [4.69, 9.17) is 9.47 Å². The first-order valence-electron chi connectivity index (χ1n) is 12.9. The summed E-state index contributed by atoms with van der Waals surface area (Å²) in [5.41, 5.74) is 2.10. The predicted molar refractivity (Wildman–Crippen MR) is 171 cm³/mol. The van der Waals surface area contributed by atoms with Crippen molar-refractivity contribution in [2.75, 3.05) is 6.61 Å². The van der Waals surface area contributed by atoms with Crippen molar-refractivity contribution >= 4 is 67.6 Å². The maximum Gasteiger partial charge on any atom is 0.338 e. The van der Waals surface area contributed by atoms with E-state index in [9.17, 15) is 24.1 Å². The van der Waals surface area contributed by atoms with Crippen LogP contribution in [-0.2, 0) is 16.1 Å². The lowest BCUT2D eigenvalue weighted by Gasteiger charge is -2.24. The van der Waals surface area contributed by atoms with Crippen molar-refractivity contribution in [1.29, 1.82) is 0 Å². The molecule has 0 spiro atoms. The van der Waals surface area contributed by atoms with Crippen LogP contribution in [0.2, 0.25) is 0 Å². The zero-order valence-electron chi connectivity index (χ0n) is 22.7. The standard InChI is InChI=1S/C30H22BrFIN3O6S/c1-3-41-29(38)25-16(2)34-30-35(26(25)18-6-8-21(32)9-7-18)28(37)24(43-30)13-19-12-20(31)14-23(33)27(19)42-15-17-4-10-22(11-5-17)36(39)40/h4-14,26H,3,15H2,1-2H3/b24-13-/t26-/m1/s1. The molecule has 2 heterocycles. The first-order valence-corrected chi connectivity index (χ1v) is 15.6. The number of thiazole rings is 1. The number of nitro benzene ring substituents is 1. The number of fused-ring (bicyclic) bond motifs is 1. The molecule has 0 N–H and O–H groups in total. The van der Waals surface area contributed by atoms with Crippen LogP contribution in [0.15, 0.2) is 86.2 Å². The van der Waals surface area contributed by atoms with Crippen LogP contribution in [0.25, 0.3) is 6.08 Å². The Hall–Kier alpha value is -3.69. The molecule has 1 atom stereocenters. The van der Waals surface area contributed by atoms with Crippen molar-refractivity contribution in [3.8, 4) is 5.75 Å². The highest BCUT2D eigenvalue weighted by atomic mass is 127. The first kappa shape index (κ1) is 30.8. The van der Waals surface area contributed by atoms with E-state index in [1.807, 2.05) is 12.1 Å². The summed E-state index contributed by atoms with van der Waals surface area (Å²) in [5.74, 6) is -0.526. The number of hydrogen-bond acceptors (Lipinski definition) is 8. The van der Waals surface area contributed by atoms with Gasteiger partial charge in [-0.2, -0.15) is 0 Å². The minimum atomic E-state index is -0.862. The largest absolute Gasteiger partial charge is 0.487 e. The topological polar surface area (TPSA) is 113 Å². The van der Waals surface area contributed by atoms with Gasteiger partial charge >= 0.3 is 5.97 Å². The maximum atomic E-state index is 14.0. The average Bonchev–Trinajstić information content (AvgIpc) is 3.26. The fourth-order valence-corrected chi connectivity index (χ4v) is 7.35. The van der Waals surface area contributed by atoms with Crippen molar-refractivity contribution < 1.29 is 23.6 Å². The molecule has 43 heavy (non-hydrogen) atoms. The molecule has 4 aromatic rings. The fourth-order valence-electron chi connectivity index (χ4n) is 4.60. The first-order chi connectivity index (χ1) is 20.6. The van der Waals surface area contributed by atoms with Gasteiger partial charge in [0.25, 0.3) is 11.2 Å². The Morgan fingerprint density at radius 1 is 1.21 bits per heavy atom. The quantitative estimate of drug-likeness (QED) is 0.0970. The van der Waals surface area contributed by atoms with Crippen LogP contribution in [0.3, 0.4) is 0 Å². The number of rotatable bonds is 8. The van der Waals surface area contributed by atoms with Gasteiger partial charge in [-0.05, 0) is 90.0 Å². The van der Waals surface area contributed by atoms with Crippen LogP contribution in [0.4, 0.5) is 10.1 Å². The van der Waals surface area contributed by atoms with E-state index in [-0.39, 0.29) is 30.0 Å². The van der Waals surface area contributed by atoms with Gasteiger partial charge in [-0.15, -0.1) is 0 Å². The monoisotopic (exact) mass is 777 g/mol. The lowest BCUT2D eigenvalue weighted by atomic mass is 9.96. The normalized spacial score (nSPS) is 14.7. The summed E-state index contributed by atoms with van der Waals surface area (Å²) in [7, 11) is 0. The second-order valence-electron chi connectivity index (χ2n) is 9.37. The van der Waals surface area contributed by atoms with Crippen molar-refractivity contribution in [2.24, 2.45) is 4.99 Å². The van der Waals surface area contributed by atoms with Crippen molar-refractivity contribution in [1.82, 2.24) is 4.57 Å². The van der Waals surface area contributed by atoms with E-state index in [2.05, 4.69) is 43.5 Å². The van der Waals surface area contributed by atoms with Gasteiger partial charge in [0.1, 0.15) is 18.2 Å². The number of carbonyl (C=O) groups excluding carboxylic acids is 1. The van der Waals surface area contributed by atoms with E-state index < -0.39 is 22.8 Å². The van der Waals surface area contributed by atoms with Crippen molar-refractivity contribution in [3.63, 3.8) is 0 Å². The Bertz CT molecular complexity index is 1960. The van der Waals surface area contributed by atoms with E-state index in [0.717, 1.165) is 24.9 Å². The van der Waals surface area contributed by atoms with Crippen LogP contribution in [-0.4, -0.2) is 22.1 Å². The number of ether oxygens (including phenoxy) is 2. The summed E-state index contributed by atoms with van der Waals surface area (Å²) >= 11 is 6.81. The molecule has 1 aliphatic rings. The highest BCUT2D eigenvalue weighted by Gasteiger charge is 2.33. The minimum absolute atomic E-state index is 0.0154. The second-order valence-corrected chi connectivity index (χ2v) is 12.5. The van der Waals surface area contributed by atoms with Crippen molar-refractivity contribution in [2.45, 2.75) is 26.5 Å². The number of halogens is 3. The van der Waals surface area contributed by atoms with E-state index >= 15 is 0 Å². The Labute approximate surface area is 270 Å². The van der Waals surface area contributed by atoms with Crippen LogP contribution < -0.4 is 19.6 Å². The molecule has 0 unspecified atom stereocenters. The van der Waals surface area contributed by atoms with Gasteiger partial charge in [0.2, 0.25) is 0 Å². The summed E-state index contributed by atoms with van der Waals surface area (Å²) in [6.45, 7) is 3.65. The molecule has 0 saturated carbocycles. The SMILES string of the molecule is CCOC(=O)C1=C(C)N=c2s/c(=C\c3cc(Br)cc(I)c3OCc3ccc([N+](=O)[O-])cc3)c(=O)n2[C@@H]1c1ccc(F)cc1. The second kappa shape index (κ2) is 12.9. The van der Waals surface area contributed by atoms with Crippen molar-refractivity contribution in [3.05, 3.63) is 132 Å². The van der Waals surface area contributed by atoms with Gasteiger partial charge in [0, 0.05) is 22.2 Å². The molecule has 0 bridgehead atoms.